The Morgan fingerprint density at radius 1 is 0.282 bits per heavy atom. The third-order valence-electron chi connectivity index (χ3n) is 0. The molecular formula is C24H73O11Ta4-. The topological polar surface area (TPSA) is 279 Å². The first-order valence-electron chi connectivity index (χ1n) is 8.34. The minimum atomic E-state index is -1.50. The number of hydrogen-bond donors (Lipinski definition) is 6. The van der Waals surface area contributed by atoms with E-state index < -0.39 is 28.2 Å². The average molecular weight is 1260 g/mol. The van der Waals surface area contributed by atoms with Gasteiger partial charge in [-0.3, -0.25) is 0 Å². The van der Waals surface area contributed by atoms with Crippen molar-refractivity contribution < 1.29 is 148 Å². The first-order chi connectivity index (χ1) is 10.0. The van der Waals surface area contributed by atoms with E-state index in [0.717, 1.165) is 0 Å². The fourth-order valence-electron chi connectivity index (χ4n) is 0. The van der Waals surface area contributed by atoms with Gasteiger partial charge in [-0.15, -0.1) is 0 Å². The van der Waals surface area contributed by atoms with Gasteiger partial charge in [0.2, 0.25) is 0 Å². The van der Waals surface area contributed by atoms with Gasteiger partial charge in [0.05, 0.1) is 22.4 Å². The van der Waals surface area contributed by atoms with E-state index in [1.54, 1.807) is 83.1 Å². The van der Waals surface area contributed by atoms with E-state index in [9.17, 15) is 0 Å². The van der Waals surface area contributed by atoms with Crippen LogP contribution in [-0.4, -0.2) is 86.2 Å². The molecule has 16 N–H and O–H groups in total. The van der Waals surface area contributed by atoms with Crippen LogP contribution < -0.4 is 0 Å². The minimum Gasteiger partial charge on any atom is -0.412 e. The molecule has 0 aliphatic rings. The smallest absolute Gasteiger partial charge is 0.412 e. The van der Waals surface area contributed by atoms with Crippen LogP contribution in [0.4, 0.5) is 0 Å². The van der Waals surface area contributed by atoms with Gasteiger partial charge in [0.25, 0.3) is 0 Å². The molecule has 0 bridgehead atoms. The maximum Gasteiger partial charge on any atom is 2.00 e. The quantitative estimate of drug-likeness (QED) is 0.152. The molecule has 0 aromatic heterocycles. The van der Waals surface area contributed by atoms with Gasteiger partial charge >= 0.3 is 44.8 Å². The second kappa shape index (κ2) is 59.8. The maximum absolute atomic E-state index is 8.52. The molecule has 0 unspecified atom stereocenters. The molecule has 11 nitrogen and oxygen atoms in total. The van der Waals surface area contributed by atoms with Crippen molar-refractivity contribution in [3.05, 3.63) is 37.1 Å². The fraction of sp³-hybridized carbons (Fsp3) is 0.792. The Labute approximate surface area is 307 Å². The normalized spacial score (nSPS) is 7.69. The van der Waals surface area contributed by atoms with Crippen molar-refractivity contribution in [3.8, 4) is 0 Å². The van der Waals surface area contributed by atoms with Crippen LogP contribution >= 0.6 is 0 Å². The summed E-state index contributed by atoms with van der Waals surface area (Å²) in [6, 6.07) is 0. The van der Waals surface area contributed by atoms with Crippen LogP contribution in [-0.2, 0) is 89.5 Å². The van der Waals surface area contributed by atoms with Crippen LogP contribution in [0.3, 0.4) is 0 Å². The van der Waals surface area contributed by atoms with Crippen LogP contribution in [0.25, 0.3) is 0 Å². The molecule has 0 aromatic rings. The molecule has 0 aliphatic carbocycles. The monoisotopic (exact) mass is 1260 g/mol. The Balaban J connectivity index is -0.00000000692. The summed E-state index contributed by atoms with van der Waals surface area (Å²) in [5.41, 5.74) is -2.00. The van der Waals surface area contributed by atoms with Gasteiger partial charge < -0.3 is 95.2 Å². The van der Waals surface area contributed by atoms with E-state index in [-0.39, 0.29) is 154 Å². The van der Waals surface area contributed by atoms with Gasteiger partial charge in [-0.2, -0.15) is 0 Å². The minimum absolute atomic E-state index is 0. The molecule has 0 atom stereocenters. The molecule has 15 heteroatoms. The molecule has 0 aliphatic heterocycles. The first kappa shape index (κ1) is 134. The second-order valence-corrected chi connectivity index (χ2v) is 10.2. The van der Waals surface area contributed by atoms with E-state index in [4.69, 9.17) is 30.6 Å². The van der Waals surface area contributed by atoms with Gasteiger partial charge in [0, 0.05) is 44.8 Å². The molecule has 0 heterocycles. The largest absolute Gasteiger partial charge is 2.00 e. The first-order valence-corrected chi connectivity index (χ1v) is 8.34. The molecule has 0 saturated heterocycles. The van der Waals surface area contributed by atoms with E-state index in [1.165, 1.54) is 13.8 Å². The predicted octanol–water partition coefficient (Wildman–Crippen LogP) is 0.934. The summed E-state index contributed by atoms with van der Waals surface area (Å²) in [4.78, 5) is 0. The molecule has 0 rings (SSSR count). The standard InChI is InChI=1S/4C4H10O.C3H8O2.5CH3.5H2O.4Ta/c4*1-4(2,3)5;1-3(2,4)5;;;;;;;;;;;;;;/h4*5H,1-3H3;4-5H,1-2H3;5*1H3;5*1H2;;;;/q;;;;;5*-1;;;;;;;;2*+2. The van der Waals surface area contributed by atoms with Gasteiger partial charge in [-0.1, -0.05) is 0 Å². The van der Waals surface area contributed by atoms with Gasteiger partial charge in [-0.25, -0.2) is 0 Å². The Bertz CT molecular complexity index is 197. The van der Waals surface area contributed by atoms with Crippen LogP contribution in [0.1, 0.15) is 96.9 Å². The van der Waals surface area contributed by atoms with Gasteiger partial charge in [0.15, 0.2) is 5.79 Å². The molecule has 4 radical (unpaired) electrons. The Morgan fingerprint density at radius 3 is 0.282 bits per heavy atom. The summed E-state index contributed by atoms with van der Waals surface area (Å²) in [7, 11) is 0. The summed E-state index contributed by atoms with van der Waals surface area (Å²) in [6.45, 7) is 23.5. The Hall–Kier alpha value is 2.52. The summed E-state index contributed by atoms with van der Waals surface area (Å²) in [5, 5.41) is 50.2. The third kappa shape index (κ3) is 9460. The van der Waals surface area contributed by atoms with Crippen molar-refractivity contribution in [3.63, 3.8) is 0 Å². The Kier molecular flexibility index (Phi) is 206. The SMILES string of the molecule is CC(C)(C)O.CC(C)(C)O.CC(C)(C)O.CC(C)(C)O.CC(C)(O)O.O.O.O.O.O.[CH3-].[CH3-].[CH3-].[CH3-].[CH3-].[Ta+2].[Ta+2].[Ta].[Ta]. The van der Waals surface area contributed by atoms with E-state index >= 15 is 0 Å². The van der Waals surface area contributed by atoms with Crippen molar-refractivity contribution in [2.24, 2.45) is 0 Å². The summed E-state index contributed by atoms with van der Waals surface area (Å²) in [5.74, 6) is -1.50. The second-order valence-electron chi connectivity index (χ2n) is 10.2. The van der Waals surface area contributed by atoms with E-state index in [0.29, 0.717) is 0 Å². The van der Waals surface area contributed by atoms with Gasteiger partial charge in [0.1, 0.15) is 0 Å². The summed E-state index contributed by atoms with van der Waals surface area (Å²) >= 11 is 0. The maximum atomic E-state index is 8.52. The molecule has 0 spiro atoms. The third-order valence-corrected chi connectivity index (χ3v) is 0. The zero-order valence-corrected chi connectivity index (χ0v) is 41.3. The van der Waals surface area contributed by atoms with Crippen molar-refractivity contribution in [1.82, 2.24) is 0 Å². The van der Waals surface area contributed by atoms with Crippen LogP contribution in [0.5, 0.6) is 0 Å². The van der Waals surface area contributed by atoms with Crippen molar-refractivity contribution in [2.75, 3.05) is 0 Å². The van der Waals surface area contributed by atoms with Crippen LogP contribution in [0, 0.1) is 37.1 Å². The summed E-state index contributed by atoms with van der Waals surface area (Å²) in [6.07, 6.45) is 0. The van der Waals surface area contributed by atoms with Crippen LogP contribution in [0.15, 0.2) is 0 Å². The molecular weight excluding hydrogens is 1190 g/mol. The predicted molar refractivity (Wildman–Crippen MR) is 157 cm³/mol. The van der Waals surface area contributed by atoms with E-state index in [1.807, 2.05) is 0 Å². The van der Waals surface area contributed by atoms with Crippen molar-refractivity contribution >= 4 is 0 Å². The molecule has 0 amide bonds. The molecule has 39 heavy (non-hydrogen) atoms. The molecule has 0 saturated carbocycles. The molecule has 256 valence electrons. The van der Waals surface area contributed by atoms with Crippen LogP contribution in [0.2, 0.25) is 0 Å². The number of aliphatic hydroxyl groups is 6. The fourth-order valence-corrected chi connectivity index (χ4v) is 0. The number of rotatable bonds is 0. The van der Waals surface area contributed by atoms with Gasteiger partial charge in [-0.05, 0) is 96.9 Å². The van der Waals surface area contributed by atoms with Crippen molar-refractivity contribution in [1.29, 1.82) is 0 Å². The Morgan fingerprint density at radius 2 is 0.282 bits per heavy atom. The average Bonchev–Trinajstić information content (AvgIpc) is 1.79. The molecule has 0 fully saturated rings. The van der Waals surface area contributed by atoms with Crippen molar-refractivity contribution in [2.45, 2.75) is 125 Å². The zero-order chi connectivity index (χ0) is 22.5. The molecule has 0 aromatic carbocycles. The summed E-state index contributed by atoms with van der Waals surface area (Å²) < 4.78 is 0. The number of hydrogen-bond acceptors (Lipinski definition) is 6. The zero-order valence-electron chi connectivity index (χ0n) is 28.5. The van der Waals surface area contributed by atoms with E-state index in [2.05, 4.69) is 0 Å².